The maximum atomic E-state index is 13.0. The van der Waals surface area contributed by atoms with Gasteiger partial charge in [0, 0.05) is 52.4 Å². The van der Waals surface area contributed by atoms with Gasteiger partial charge in [0.05, 0.1) is 0 Å². The van der Waals surface area contributed by atoms with Crippen LogP contribution in [0.3, 0.4) is 0 Å². The number of aryl methyl sites for hydroxylation is 1. The molecule has 0 saturated carbocycles. The zero-order valence-electron chi connectivity index (χ0n) is 17.3. The second-order valence-electron chi connectivity index (χ2n) is 7.49. The van der Waals surface area contributed by atoms with Crippen LogP contribution >= 0.6 is 0 Å². The van der Waals surface area contributed by atoms with Crippen molar-refractivity contribution in [3.05, 3.63) is 53.5 Å². The molecule has 1 amide bonds. The van der Waals surface area contributed by atoms with Gasteiger partial charge in [0.25, 0.3) is 5.91 Å². The smallest absolute Gasteiger partial charge is 0.272 e. The van der Waals surface area contributed by atoms with Crippen molar-refractivity contribution in [2.45, 2.75) is 33.2 Å². The van der Waals surface area contributed by atoms with E-state index in [0.29, 0.717) is 11.5 Å². The topological polar surface area (TPSA) is 52.6 Å². The lowest BCUT2D eigenvalue weighted by Gasteiger charge is -2.34. The third-order valence-electron chi connectivity index (χ3n) is 5.19. The highest BCUT2D eigenvalue weighted by atomic mass is 16.2. The van der Waals surface area contributed by atoms with Crippen LogP contribution in [0, 0.1) is 6.92 Å². The number of hydrogen-bond donors (Lipinski definition) is 0. The number of amides is 1. The predicted octanol–water partition coefficient (Wildman–Crippen LogP) is 2.98. The summed E-state index contributed by atoms with van der Waals surface area (Å²) in [7, 11) is 2.02. The molecule has 0 spiro atoms. The van der Waals surface area contributed by atoms with Crippen LogP contribution in [0.15, 0.2) is 36.4 Å². The van der Waals surface area contributed by atoms with E-state index in [-0.39, 0.29) is 5.91 Å². The molecule has 1 saturated heterocycles. The predicted molar refractivity (Wildman–Crippen MR) is 113 cm³/mol. The lowest BCUT2D eigenvalue weighted by molar-refractivity contribution is 0.0622. The van der Waals surface area contributed by atoms with Gasteiger partial charge in [-0.2, -0.15) is 0 Å². The quantitative estimate of drug-likeness (QED) is 0.738. The van der Waals surface area contributed by atoms with E-state index in [1.807, 2.05) is 31.0 Å². The fourth-order valence-electron chi connectivity index (χ4n) is 3.48. The second kappa shape index (κ2) is 9.64. The zero-order chi connectivity index (χ0) is 19.9. The third-order valence-corrected chi connectivity index (χ3v) is 5.19. The Morgan fingerprint density at radius 3 is 2.50 bits per heavy atom. The van der Waals surface area contributed by atoms with Crippen molar-refractivity contribution in [3.63, 3.8) is 0 Å². The Bertz CT molecular complexity index is 772. The molecule has 0 bridgehead atoms. The molecular formula is C22H31N5O. The first-order valence-electron chi connectivity index (χ1n) is 10.2. The van der Waals surface area contributed by atoms with E-state index >= 15 is 0 Å². The minimum Gasteiger partial charge on any atom is -0.360 e. The van der Waals surface area contributed by atoms with E-state index < -0.39 is 0 Å². The van der Waals surface area contributed by atoms with Gasteiger partial charge in [0.2, 0.25) is 0 Å². The van der Waals surface area contributed by atoms with Gasteiger partial charge in [-0.05, 0) is 18.9 Å². The van der Waals surface area contributed by atoms with Crippen LogP contribution in [0.25, 0.3) is 0 Å². The molecule has 28 heavy (non-hydrogen) atoms. The SMILES string of the molecule is CCCCN(C)c1cc(C(=O)N2CCN(Cc3ccccc3)CC2)nc(C)n1. The van der Waals surface area contributed by atoms with Crippen LogP contribution in [-0.2, 0) is 6.54 Å². The van der Waals surface area contributed by atoms with E-state index in [1.165, 1.54) is 5.56 Å². The summed E-state index contributed by atoms with van der Waals surface area (Å²) in [4.78, 5) is 28.3. The minimum absolute atomic E-state index is 0.00926. The van der Waals surface area contributed by atoms with Gasteiger partial charge < -0.3 is 9.80 Å². The standard InChI is InChI=1S/C22H31N5O/c1-4-5-11-25(3)21-16-20(23-18(2)24-21)22(28)27-14-12-26(13-15-27)17-19-9-7-6-8-10-19/h6-10,16H,4-5,11-15,17H2,1-3H3. The average Bonchev–Trinajstić information content (AvgIpc) is 2.72. The molecule has 1 aromatic carbocycles. The number of nitrogens with zero attached hydrogens (tertiary/aromatic N) is 5. The number of hydrogen-bond acceptors (Lipinski definition) is 5. The molecular weight excluding hydrogens is 350 g/mol. The van der Waals surface area contributed by atoms with Gasteiger partial charge in [-0.25, -0.2) is 9.97 Å². The zero-order valence-corrected chi connectivity index (χ0v) is 17.3. The first-order valence-corrected chi connectivity index (χ1v) is 10.2. The molecule has 1 aliphatic heterocycles. The fraction of sp³-hybridized carbons (Fsp3) is 0.500. The van der Waals surface area contributed by atoms with Gasteiger partial charge in [0.15, 0.2) is 0 Å². The van der Waals surface area contributed by atoms with Crippen molar-refractivity contribution >= 4 is 11.7 Å². The summed E-state index contributed by atoms with van der Waals surface area (Å²) in [6, 6.07) is 12.3. The summed E-state index contributed by atoms with van der Waals surface area (Å²) in [6.07, 6.45) is 2.24. The van der Waals surface area contributed by atoms with Crippen LogP contribution in [-0.4, -0.2) is 65.4 Å². The Morgan fingerprint density at radius 1 is 1.11 bits per heavy atom. The monoisotopic (exact) mass is 381 g/mol. The number of anilines is 1. The summed E-state index contributed by atoms with van der Waals surface area (Å²) in [5.41, 5.74) is 1.82. The molecule has 0 unspecified atom stereocenters. The molecule has 2 heterocycles. The van der Waals surface area contributed by atoms with Gasteiger partial charge in [-0.15, -0.1) is 0 Å². The molecule has 1 aliphatic rings. The number of piperazine rings is 1. The van der Waals surface area contributed by atoms with Crippen molar-refractivity contribution in [3.8, 4) is 0 Å². The summed E-state index contributed by atoms with van der Waals surface area (Å²) in [5.74, 6) is 1.48. The Balaban J connectivity index is 1.61. The van der Waals surface area contributed by atoms with Crippen molar-refractivity contribution in [1.82, 2.24) is 19.8 Å². The molecule has 6 nitrogen and oxygen atoms in total. The van der Waals surface area contributed by atoms with Crippen molar-refractivity contribution in [2.24, 2.45) is 0 Å². The average molecular weight is 382 g/mol. The lowest BCUT2D eigenvalue weighted by atomic mass is 10.2. The Labute approximate surface area is 168 Å². The highest BCUT2D eigenvalue weighted by Gasteiger charge is 2.24. The van der Waals surface area contributed by atoms with E-state index in [2.05, 4.69) is 51.0 Å². The van der Waals surface area contributed by atoms with Gasteiger partial charge in [0.1, 0.15) is 17.3 Å². The number of benzene rings is 1. The Hall–Kier alpha value is -2.47. The molecule has 1 fully saturated rings. The van der Waals surface area contributed by atoms with E-state index in [4.69, 9.17) is 0 Å². The summed E-state index contributed by atoms with van der Waals surface area (Å²) < 4.78 is 0. The maximum absolute atomic E-state index is 13.0. The summed E-state index contributed by atoms with van der Waals surface area (Å²) in [5, 5.41) is 0. The van der Waals surface area contributed by atoms with Gasteiger partial charge in [-0.1, -0.05) is 43.7 Å². The number of carbonyl (C=O) groups is 1. The number of aromatic nitrogens is 2. The van der Waals surface area contributed by atoms with E-state index in [1.54, 1.807) is 0 Å². The Morgan fingerprint density at radius 2 is 1.82 bits per heavy atom. The first kappa shape index (κ1) is 20.3. The van der Waals surface area contributed by atoms with Gasteiger partial charge in [-0.3, -0.25) is 9.69 Å². The highest BCUT2D eigenvalue weighted by molar-refractivity contribution is 5.93. The first-order chi connectivity index (χ1) is 13.6. The van der Waals surface area contributed by atoms with Crippen LogP contribution < -0.4 is 4.90 Å². The van der Waals surface area contributed by atoms with E-state index in [9.17, 15) is 4.79 Å². The molecule has 0 aliphatic carbocycles. The van der Waals surface area contributed by atoms with Crippen LogP contribution in [0.5, 0.6) is 0 Å². The van der Waals surface area contributed by atoms with Crippen molar-refractivity contribution in [2.75, 3.05) is 44.7 Å². The molecule has 1 aromatic heterocycles. The minimum atomic E-state index is 0.00926. The van der Waals surface area contributed by atoms with Crippen molar-refractivity contribution < 1.29 is 4.79 Å². The normalized spacial score (nSPS) is 14.9. The van der Waals surface area contributed by atoms with Crippen LogP contribution in [0.2, 0.25) is 0 Å². The molecule has 0 atom stereocenters. The maximum Gasteiger partial charge on any atom is 0.272 e. The second-order valence-corrected chi connectivity index (χ2v) is 7.49. The number of carbonyl (C=O) groups excluding carboxylic acids is 1. The lowest BCUT2D eigenvalue weighted by Crippen LogP contribution is -2.48. The molecule has 150 valence electrons. The van der Waals surface area contributed by atoms with Crippen molar-refractivity contribution in [1.29, 1.82) is 0 Å². The number of rotatable bonds is 7. The fourth-order valence-corrected chi connectivity index (χ4v) is 3.48. The van der Waals surface area contributed by atoms with Crippen LogP contribution in [0.1, 0.15) is 41.6 Å². The van der Waals surface area contributed by atoms with Gasteiger partial charge >= 0.3 is 0 Å². The molecule has 0 N–H and O–H groups in total. The molecule has 6 heteroatoms. The van der Waals surface area contributed by atoms with E-state index in [0.717, 1.165) is 57.9 Å². The summed E-state index contributed by atoms with van der Waals surface area (Å²) >= 11 is 0. The third kappa shape index (κ3) is 5.29. The Kier molecular flexibility index (Phi) is 6.98. The molecule has 2 aromatic rings. The van der Waals surface area contributed by atoms with Crippen LogP contribution in [0.4, 0.5) is 5.82 Å². The molecule has 0 radical (unpaired) electrons. The number of unbranched alkanes of at least 4 members (excludes halogenated alkanes) is 1. The highest BCUT2D eigenvalue weighted by Crippen LogP contribution is 2.15. The summed E-state index contributed by atoms with van der Waals surface area (Å²) in [6.45, 7) is 9.12. The molecule has 3 rings (SSSR count). The largest absolute Gasteiger partial charge is 0.360 e.